The number of rotatable bonds is 6. The number of Topliss-reactive ketones (excluding diaryl/α,β-unsaturated/α-hetero) is 1. The summed E-state index contributed by atoms with van der Waals surface area (Å²) < 4.78 is 1.56. The van der Waals surface area contributed by atoms with E-state index >= 15 is 0 Å². The average molecular weight is 539 g/mol. The van der Waals surface area contributed by atoms with Crippen LogP contribution in [0.5, 0.6) is 0 Å². The van der Waals surface area contributed by atoms with Crippen LogP contribution in [-0.4, -0.2) is 56.1 Å². The van der Waals surface area contributed by atoms with Gasteiger partial charge in [-0.3, -0.25) is 19.1 Å². The number of piperidine rings is 1. The Morgan fingerprint density at radius 3 is 2.49 bits per heavy atom. The number of aromatic nitrogens is 3. The van der Waals surface area contributed by atoms with Crippen molar-refractivity contribution in [1.29, 1.82) is 0 Å². The first kappa shape index (κ1) is 25.4. The smallest absolute Gasteiger partial charge is 0.261 e. The molecule has 2 aromatic heterocycles. The summed E-state index contributed by atoms with van der Waals surface area (Å²) >= 11 is 5.97. The maximum Gasteiger partial charge on any atom is 0.261 e. The minimum absolute atomic E-state index is 0.0149. The summed E-state index contributed by atoms with van der Waals surface area (Å²) in [6, 6.07) is 22.3. The van der Waals surface area contributed by atoms with Gasteiger partial charge in [0.05, 0.1) is 35.9 Å². The highest BCUT2D eigenvalue weighted by Crippen LogP contribution is 2.29. The minimum atomic E-state index is -0.806. The number of fused-ring (bicyclic) bond motifs is 3. The lowest BCUT2D eigenvalue weighted by Crippen LogP contribution is -2.48. The van der Waals surface area contributed by atoms with Gasteiger partial charge in [0.15, 0.2) is 5.78 Å². The fourth-order valence-electron chi connectivity index (χ4n) is 5.53. The Labute approximate surface area is 230 Å². The Balaban J connectivity index is 1.30. The summed E-state index contributed by atoms with van der Waals surface area (Å²) in [4.78, 5) is 37.3. The van der Waals surface area contributed by atoms with Crippen LogP contribution in [0.3, 0.4) is 0 Å². The molecule has 0 unspecified atom stereocenters. The van der Waals surface area contributed by atoms with Gasteiger partial charge < -0.3 is 5.11 Å². The van der Waals surface area contributed by atoms with E-state index in [0.717, 1.165) is 21.9 Å². The molecule has 8 heteroatoms. The molecule has 1 N–H and O–H groups in total. The van der Waals surface area contributed by atoms with Crippen LogP contribution < -0.4 is 5.56 Å². The predicted octanol–water partition coefficient (Wildman–Crippen LogP) is 4.68. The Bertz CT molecular complexity index is 1720. The van der Waals surface area contributed by atoms with Gasteiger partial charge in [0, 0.05) is 30.2 Å². The average Bonchev–Trinajstić information content (AvgIpc) is 2.96. The van der Waals surface area contributed by atoms with Crippen LogP contribution in [0.25, 0.3) is 21.7 Å². The molecule has 196 valence electrons. The first-order chi connectivity index (χ1) is 19.0. The van der Waals surface area contributed by atoms with Gasteiger partial charge in [-0.15, -0.1) is 0 Å². The second-order valence-electron chi connectivity index (χ2n) is 10.0. The van der Waals surface area contributed by atoms with Crippen molar-refractivity contribution in [3.05, 3.63) is 118 Å². The lowest BCUT2D eigenvalue weighted by molar-refractivity contribution is 0.0263. The second kappa shape index (κ2) is 10.7. The Kier molecular flexibility index (Phi) is 6.95. The normalized spacial score (nSPS) is 18.0. The number of aliphatic hydroxyl groups excluding tert-OH is 1. The molecule has 39 heavy (non-hydrogen) atoms. The van der Waals surface area contributed by atoms with Crippen LogP contribution in [0.15, 0.2) is 90.1 Å². The molecule has 0 amide bonds. The molecule has 0 bridgehead atoms. The second-order valence-corrected chi connectivity index (χ2v) is 10.4. The van der Waals surface area contributed by atoms with Crippen LogP contribution in [0.1, 0.15) is 33.9 Å². The van der Waals surface area contributed by atoms with Crippen molar-refractivity contribution < 1.29 is 9.90 Å². The number of carbonyl (C=O) groups is 1. The van der Waals surface area contributed by atoms with Crippen molar-refractivity contribution in [1.82, 2.24) is 19.4 Å². The molecule has 0 saturated carbocycles. The highest BCUT2D eigenvalue weighted by Gasteiger charge is 2.31. The zero-order chi connectivity index (χ0) is 26.9. The number of carbonyl (C=O) groups excluding carboxylic acids is 1. The van der Waals surface area contributed by atoms with Gasteiger partial charge in [-0.05, 0) is 41.5 Å². The number of hydrogen-bond acceptors (Lipinski definition) is 6. The molecule has 1 fully saturated rings. The van der Waals surface area contributed by atoms with E-state index < -0.39 is 12.1 Å². The van der Waals surface area contributed by atoms with Gasteiger partial charge in [-0.25, -0.2) is 9.97 Å². The molecule has 7 nitrogen and oxygen atoms in total. The molecule has 0 radical (unpaired) electrons. The molecular formula is C31H27ClN4O3. The van der Waals surface area contributed by atoms with E-state index in [9.17, 15) is 14.7 Å². The summed E-state index contributed by atoms with van der Waals surface area (Å²) in [5.41, 5.74) is 3.10. The third-order valence-corrected chi connectivity index (χ3v) is 7.74. The van der Waals surface area contributed by atoms with Gasteiger partial charge >= 0.3 is 0 Å². The molecule has 5 aromatic rings. The van der Waals surface area contributed by atoms with Crippen molar-refractivity contribution in [2.24, 2.45) is 0 Å². The molecule has 1 saturated heterocycles. The van der Waals surface area contributed by atoms with Gasteiger partial charge in [-0.2, -0.15) is 0 Å². The van der Waals surface area contributed by atoms with Crippen molar-refractivity contribution in [2.45, 2.75) is 25.0 Å². The van der Waals surface area contributed by atoms with E-state index in [1.807, 2.05) is 59.5 Å². The summed E-state index contributed by atoms with van der Waals surface area (Å²) in [5, 5.41) is 13.9. The first-order valence-corrected chi connectivity index (χ1v) is 13.4. The Morgan fingerprint density at radius 1 is 0.974 bits per heavy atom. The number of aliphatic hydroxyl groups is 1. The molecule has 3 aromatic carbocycles. The molecule has 2 atom stereocenters. The largest absolute Gasteiger partial charge is 0.390 e. The standard InChI is InChI=1S/C31H27ClN4O3/c32-29-11-10-20(16-33-29)14-22-15-25-30(24-9-5-4-8-23(22)24)34-19-36(31(25)39)26-12-13-35(18-28(26)38)17-27(37)21-6-2-1-3-7-21/h1-11,15-16,19,26,28,38H,12-14,17-18H2/t26-,28-/m0/s1. The van der Waals surface area contributed by atoms with Gasteiger partial charge in [-0.1, -0.05) is 72.3 Å². The van der Waals surface area contributed by atoms with Crippen LogP contribution in [0, 0.1) is 0 Å². The first-order valence-electron chi connectivity index (χ1n) is 13.0. The molecule has 0 spiro atoms. The molecular weight excluding hydrogens is 512 g/mol. The number of hydrogen-bond donors (Lipinski definition) is 1. The zero-order valence-corrected chi connectivity index (χ0v) is 22.0. The summed E-state index contributed by atoms with van der Waals surface area (Å²) in [5.74, 6) is 0.0149. The quantitative estimate of drug-likeness (QED) is 0.192. The van der Waals surface area contributed by atoms with Crippen molar-refractivity contribution >= 4 is 39.1 Å². The maximum atomic E-state index is 13.8. The monoisotopic (exact) mass is 538 g/mol. The lowest BCUT2D eigenvalue weighted by Gasteiger charge is -2.36. The highest BCUT2D eigenvalue weighted by atomic mass is 35.5. The lowest BCUT2D eigenvalue weighted by atomic mass is 9.96. The predicted molar refractivity (Wildman–Crippen MR) is 152 cm³/mol. The fourth-order valence-corrected chi connectivity index (χ4v) is 5.65. The topological polar surface area (TPSA) is 88.3 Å². The van der Waals surface area contributed by atoms with Crippen molar-refractivity contribution in [2.75, 3.05) is 19.6 Å². The summed E-state index contributed by atoms with van der Waals surface area (Å²) in [6.07, 6.45) is 3.62. The van der Waals surface area contributed by atoms with Crippen LogP contribution in [0.2, 0.25) is 5.15 Å². The highest BCUT2D eigenvalue weighted by molar-refractivity contribution is 6.29. The van der Waals surface area contributed by atoms with Crippen LogP contribution in [0.4, 0.5) is 0 Å². The molecule has 1 aliphatic heterocycles. The van der Waals surface area contributed by atoms with E-state index in [4.69, 9.17) is 16.6 Å². The number of ketones is 1. The van der Waals surface area contributed by atoms with Crippen LogP contribution >= 0.6 is 11.6 Å². The maximum absolute atomic E-state index is 13.8. The summed E-state index contributed by atoms with van der Waals surface area (Å²) in [7, 11) is 0. The van der Waals surface area contributed by atoms with Gasteiger partial charge in [0.2, 0.25) is 0 Å². The van der Waals surface area contributed by atoms with E-state index in [-0.39, 0.29) is 17.9 Å². The van der Waals surface area contributed by atoms with Gasteiger partial charge in [0.1, 0.15) is 5.15 Å². The number of nitrogens with zero attached hydrogens (tertiary/aromatic N) is 4. The number of pyridine rings is 1. The van der Waals surface area contributed by atoms with E-state index in [2.05, 4.69) is 4.98 Å². The van der Waals surface area contributed by atoms with Crippen molar-refractivity contribution in [3.63, 3.8) is 0 Å². The minimum Gasteiger partial charge on any atom is -0.390 e. The summed E-state index contributed by atoms with van der Waals surface area (Å²) in [6.45, 7) is 1.13. The molecule has 0 aliphatic carbocycles. The third kappa shape index (κ3) is 5.08. The van der Waals surface area contributed by atoms with E-state index in [1.54, 1.807) is 35.3 Å². The molecule has 1 aliphatic rings. The van der Waals surface area contributed by atoms with E-state index in [0.29, 0.717) is 47.6 Å². The number of likely N-dealkylation sites (tertiary alicyclic amines) is 1. The Hall–Kier alpha value is -3.91. The Morgan fingerprint density at radius 2 is 1.74 bits per heavy atom. The number of β-amino-alcohol motifs (C(OH)–C–C–N with tert-alkyl or cyclic N) is 1. The van der Waals surface area contributed by atoms with Gasteiger partial charge in [0.25, 0.3) is 5.56 Å². The molecule has 3 heterocycles. The zero-order valence-electron chi connectivity index (χ0n) is 21.2. The SMILES string of the molecule is O=C(CN1CC[C@H](n2cnc3c(cc(Cc4ccc(Cl)nc4)c4ccccc43)c2=O)[C@@H](O)C1)c1ccccc1. The number of halogens is 1. The van der Waals surface area contributed by atoms with Crippen LogP contribution in [-0.2, 0) is 6.42 Å². The fraction of sp³-hybridized carbons (Fsp3) is 0.226. The number of benzene rings is 3. The molecule has 6 rings (SSSR count). The third-order valence-electron chi connectivity index (χ3n) is 7.51. The van der Waals surface area contributed by atoms with Crippen molar-refractivity contribution in [3.8, 4) is 0 Å². The van der Waals surface area contributed by atoms with E-state index in [1.165, 1.54) is 0 Å².